The summed E-state index contributed by atoms with van der Waals surface area (Å²) < 4.78 is 6.22. The number of nitrogens with zero attached hydrogens (tertiary/aromatic N) is 2. The lowest BCUT2D eigenvalue weighted by molar-refractivity contribution is -0.117. The summed E-state index contributed by atoms with van der Waals surface area (Å²) in [5, 5.41) is 3.01. The first kappa shape index (κ1) is 20.6. The molecule has 0 radical (unpaired) electrons. The van der Waals surface area contributed by atoms with E-state index in [0.717, 1.165) is 22.9 Å². The highest BCUT2D eigenvalue weighted by atomic mass is 32.2. The van der Waals surface area contributed by atoms with Crippen LogP contribution in [0.2, 0.25) is 0 Å². The van der Waals surface area contributed by atoms with E-state index in [1.165, 1.54) is 4.57 Å². The number of amides is 2. The average molecular weight is 411 g/mol. The molecule has 29 heavy (non-hydrogen) atoms. The number of aryl methyl sites for hydroxylation is 2. The summed E-state index contributed by atoms with van der Waals surface area (Å²) in [5.41, 5.74) is 3.04. The number of nitrogens with one attached hydrogen (secondary N) is 1. The number of para-hydroxylation sites is 1. The van der Waals surface area contributed by atoms with Crippen LogP contribution in [0, 0.1) is 13.8 Å². The van der Waals surface area contributed by atoms with Crippen LogP contribution in [0.15, 0.2) is 52.4 Å². The number of imide groups is 1. The predicted molar refractivity (Wildman–Crippen MR) is 113 cm³/mol. The molecule has 0 aliphatic carbocycles. The van der Waals surface area contributed by atoms with Crippen LogP contribution in [0.4, 0.5) is 4.79 Å². The lowest BCUT2D eigenvalue weighted by Gasteiger charge is -2.15. The Morgan fingerprint density at radius 1 is 1.17 bits per heavy atom. The van der Waals surface area contributed by atoms with Gasteiger partial charge in [-0.2, -0.15) is 0 Å². The molecule has 0 aliphatic heterocycles. The standard InChI is InChI=1S/C21H21N3O4S/c1-4-28-21(27)23-18(25)12-29-20-22-16-8-6-5-7-15(16)19(26)24(20)17-10-9-13(2)11-14(17)3/h5-11H,4,12H2,1-3H3,(H,23,25,27). The zero-order chi connectivity index (χ0) is 21.0. The monoisotopic (exact) mass is 411 g/mol. The maximum Gasteiger partial charge on any atom is 0.413 e. The molecule has 2 amide bonds. The number of ether oxygens (including phenoxy) is 1. The Morgan fingerprint density at radius 3 is 2.66 bits per heavy atom. The second-order valence-corrected chi connectivity index (χ2v) is 7.34. The molecule has 3 rings (SSSR count). The number of carbonyl (C=O) groups excluding carboxylic acids is 2. The van der Waals surface area contributed by atoms with Gasteiger partial charge >= 0.3 is 6.09 Å². The summed E-state index contributed by atoms with van der Waals surface area (Å²) in [5.74, 6) is -0.614. The Balaban J connectivity index is 2.02. The van der Waals surface area contributed by atoms with Crippen molar-refractivity contribution in [2.24, 2.45) is 0 Å². The Hall–Kier alpha value is -3.13. The number of carbonyl (C=O) groups is 2. The quantitative estimate of drug-likeness (QED) is 0.511. The molecule has 1 aromatic heterocycles. The molecule has 0 saturated heterocycles. The fourth-order valence-electron chi connectivity index (χ4n) is 2.93. The van der Waals surface area contributed by atoms with Crippen molar-refractivity contribution >= 4 is 34.7 Å². The number of thioether (sulfide) groups is 1. The molecule has 3 aromatic rings. The van der Waals surface area contributed by atoms with E-state index >= 15 is 0 Å². The summed E-state index contributed by atoms with van der Waals surface area (Å²) in [6.45, 7) is 5.73. The Bertz CT molecular complexity index is 1140. The van der Waals surface area contributed by atoms with Gasteiger partial charge < -0.3 is 4.74 Å². The van der Waals surface area contributed by atoms with Gasteiger partial charge in [0.25, 0.3) is 5.56 Å². The van der Waals surface area contributed by atoms with Crippen molar-refractivity contribution in [3.8, 4) is 5.69 Å². The molecular formula is C21H21N3O4S. The van der Waals surface area contributed by atoms with E-state index in [1.54, 1.807) is 31.2 Å². The zero-order valence-electron chi connectivity index (χ0n) is 16.4. The minimum atomic E-state index is -0.795. The highest BCUT2D eigenvalue weighted by Crippen LogP contribution is 2.23. The molecular weight excluding hydrogens is 390 g/mol. The maximum absolute atomic E-state index is 13.2. The van der Waals surface area contributed by atoms with Gasteiger partial charge in [0.2, 0.25) is 5.91 Å². The van der Waals surface area contributed by atoms with E-state index in [1.807, 2.05) is 32.0 Å². The molecule has 150 valence electrons. The summed E-state index contributed by atoms with van der Waals surface area (Å²) in [4.78, 5) is 41.3. The van der Waals surface area contributed by atoms with Crippen LogP contribution in [-0.2, 0) is 9.53 Å². The van der Waals surface area contributed by atoms with E-state index in [2.05, 4.69) is 10.3 Å². The predicted octanol–water partition coefficient (Wildman–Crippen LogP) is 3.37. The first-order chi connectivity index (χ1) is 13.9. The molecule has 0 atom stereocenters. The van der Waals surface area contributed by atoms with Gasteiger partial charge in [-0.15, -0.1) is 0 Å². The smallest absolute Gasteiger partial charge is 0.413 e. The van der Waals surface area contributed by atoms with Crippen LogP contribution < -0.4 is 10.9 Å². The normalized spacial score (nSPS) is 10.7. The summed E-state index contributed by atoms with van der Waals surface area (Å²) in [7, 11) is 0. The third kappa shape index (κ3) is 4.65. The topological polar surface area (TPSA) is 90.3 Å². The molecule has 2 aromatic carbocycles. The van der Waals surface area contributed by atoms with Gasteiger partial charge in [0.05, 0.1) is 29.0 Å². The number of benzene rings is 2. The Morgan fingerprint density at radius 2 is 1.93 bits per heavy atom. The fourth-order valence-corrected chi connectivity index (χ4v) is 3.73. The minimum absolute atomic E-state index is 0.0888. The Labute approximate surface area is 172 Å². The number of aromatic nitrogens is 2. The van der Waals surface area contributed by atoms with E-state index in [9.17, 15) is 14.4 Å². The van der Waals surface area contributed by atoms with Crippen LogP contribution in [0.3, 0.4) is 0 Å². The molecule has 0 spiro atoms. The minimum Gasteiger partial charge on any atom is -0.450 e. The zero-order valence-corrected chi connectivity index (χ0v) is 17.2. The van der Waals surface area contributed by atoms with Gasteiger partial charge in [-0.3, -0.25) is 19.5 Å². The van der Waals surface area contributed by atoms with Gasteiger partial charge in [-0.05, 0) is 44.5 Å². The van der Waals surface area contributed by atoms with Crippen molar-refractivity contribution in [1.82, 2.24) is 14.9 Å². The number of rotatable bonds is 5. The summed E-state index contributed by atoms with van der Waals surface area (Å²) in [6.07, 6.45) is -0.795. The molecule has 0 bridgehead atoms. The third-order valence-electron chi connectivity index (χ3n) is 4.19. The molecule has 1 heterocycles. The van der Waals surface area contributed by atoms with E-state index in [-0.39, 0.29) is 17.9 Å². The molecule has 0 aliphatic rings. The Kier molecular flexibility index (Phi) is 6.33. The van der Waals surface area contributed by atoms with Crippen molar-refractivity contribution in [3.05, 3.63) is 63.9 Å². The van der Waals surface area contributed by atoms with Crippen molar-refractivity contribution in [1.29, 1.82) is 0 Å². The molecule has 1 N–H and O–H groups in total. The summed E-state index contributed by atoms with van der Waals surface area (Å²) >= 11 is 1.08. The molecule has 0 fully saturated rings. The van der Waals surface area contributed by atoms with Crippen molar-refractivity contribution < 1.29 is 14.3 Å². The number of alkyl carbamates (subject to hydrolysis) is 1. The van der Waals surface area contributed by atoms with E-state index in [4.69, 9.17) is 4.74 Å². The number of hydrogen-bond acceptors (Lipinski definition) is 6. The van der Waals surface area contributed by atoms with E-state index in [0.29, 0.717) is 21.7 Å². The van der Waals surface area contributed by atoms with Gasteiger partial charge in [0.15, 0.2) is 5.16 Å². The maximum atomic E-state index is 13.2. The fraction of sp³-hybridized carbons (Fsp3) is 0.238. The number of fused-ring (bicyclic) bond motifs is 1. The van der Waals surface area contributed by atoms with Crippen LogP contribution in [0.25, 0.3) is 16.6 Å². The molecule has 8 heteroatoms. The second kappa shape index (κ2) is 8.91. The van der Waals surface area contributed by atoms with Gasteiger partial charge in [0.1, 0.15) is 0 Å². The highest BCUT2D eigenvalue weighted by Gasteiger charge is 2.17. The molecule has 0 saturated carbocycles. The van der Waals surface area contributed by atoms with Gasteiger partial charge in [-0.1, -0.05) is 41.6 Å². The van der Waals surface area contributed by atoms with Crippen molar-refractivity contribution in [3.63, 3.8) is 0 Å². The molecule has 0 unspecified atom stereocenters. The SMILES string of the molecule is CCOC(=O)NC(=O)CSc1nc2ccccc2c(=O)n1-c1ccc(C)cc1C. The van der Waals surface area contributed by atoms with Crippen molar-refractivity contribution in [2.75, 3.05) is 12.4 Å². The van der Waals surface area contributed by atoms with Crippen LogP contribution in [0.1, 0.15) is 18.1 Å². The van der Waals surface area contributed by atoms with Crippen molar-refractivity contribution in [2.45, 2.75) is 25.9 Å². The number of hydrogen-bond donors (Lipinski definition) is 1. The third-order valence-corrected chi connectivity index (χ3v) is 5.13. The average Bonchev–Trinajstić information content (AvgIpc) is 2.67. The van der Waals surface area contributed by atoms with Gasteiger partial charge in [0, 0.05) is 0 Å². The lowest BCUT2D eigenvalue weighted by Crippen LogP contribution is -2.32. The van der Waals surface area contributed by atoms with Crippen LogP contribution >= 0.6 is 11.8 Å². The summed E-state index contributed by atoms with van der Waals surface area (Å²) in [6, 6.07) is 12.9. The molecule has 7 nitrogen and oxygen atoms in total. The van der Waals surface area contributed by atoms with Crippen LogP contribution in [0.5, 0.6) is 0 Å². The van der Waals surface area contributed by atoms with Gasteiger partial charge in [-0.25, -0.2) is 9.78 Å². The van der Waals surface area contributed by atoms with E-state index < -0.39 is 12.0 Å². The first-order valence-corrected chi connectivity index (χ1v) is 10.1. The highest BCUT2D eigenvalue weighted by molar-refractivity contribution is 7.99. The second-order valence-electron chi connectivity index (χ2n) is 6.40. The largest absolute Gasteiger partial charge is 0.450 e. The van der Waals surface area contributed by atoms with Crippen LogP contribution in [-0.4, -0.2) is 33.9 Å². The first-order valence-electron chi connectivity index (χ1n) is 9.09. The lowest BCUT2D eigenvalue weighted by atomic mass is 10.1.